The predicted molar refractivity (Wildman–Crippen MR) is 118 cm³/mol. The van der Waals surface area contributed by atoms with E-state index in [2.05, 4.69) is 21.8 Å². The fourth-order valence-electron chi connectivity index (χ4n) is 4.42. The van der Waals surface area contributed by atoms with E-state index in [4.69, 9.17) is 24.9 Å². The van der Waals surface area contributed by atoms with Crippen LogP contribution in [0.1, 0.15) is 18.1 Å². The smallest absolute Gasteiger partial charge is 0.284 e. The molecule has 1 fully saturated rings. The topological polar surface area (TPSA) is 91.9 Å². The van der Waals surface area contributed by atoms with E-state index in [-0.39, 0.29) is 11.4 Å². The van der Waals surface area contributed by atoms with Gasteiger partial charge in [-0.2, -0.15) is 4.39 Å². The third kappa shape index (κ3) is 2.97. The van der Waals surface area contributed by atoms with E-state index in [1.807, 2.05) is 19.1 Å². The monoisotopic (exact) mass is 442 g/mol. The second-order valence-corrected chi connectivity index (χ2v) is 8.55. The van der Waals surface area contributed by atoms with Crippen LogP contribution in [-0.2, 0) is 15.0 Å². The summed E-state index contributed by atoms with van der Waals surface area (Å²) in [5.41, 5.74) is 7.07. The molecule has 0 amide bonds. The first-order valence-corrected chi connectivity index (χ1v) is 10.5. The molecule has 1 saturated heterocycles. The second kappa shape index (κ2) is 7.02. The Bertz CT molecular complexity index is 1380. The van der Waals surface area contributed by atoms with Gasteiger partial charge in [0.2, 0.25) is 11.8 Å². The Hall–Kier alpha value is -3.96. The maximum Gasteiger partial charge on any atom is 0.284 e. The molecule has 5 heterocycles. The molecule has 33 heavy (non-hydrogen) atoms. The maximum absolute atomic E-state index is 14.5. The van der Waals surface area contributed by atoms with Gasteiger partial charge in [0.25, 0.3) is 6.02 Å². The Morgan fingerprint density at radius 2 is 1.91 bits per heavy atom. The van der Waals surface area contributed by atoms with Gasteiger partial charge in [0.1, 0.15) is 5.75 Å². The Balaban J connectivity index is 1.58. The number of fused-ring (bicyclic) bond motifs is 4. The number of nitrogens with two attached hydrogens (primary N) is 1. The summed E-state index contributed by atoms with van der Waals surface area (Å²) in [4.78, 5) is 12.9. The third-order valence-electron chi connectivity index (χ3n) is 6.10. The van der Waals surface area contributed by atoms with Gasteiger partial charge in [0.15, 0.2) is 11.6 Å². The van der Waals surface area contributed by atoms with Gasteiger partial charge in [-0.1, -0.05) is 17.9 Å². The van der Waals surface area contributed by atoms with E-state index < -0.39 is 17.6 Å². The third-order valence-corrected chi connectivity index (χ3v) is 6.10. The highest BCUT2D eigenvalue weighted by Crippen LogP contribution is 2.53. The number of aromatic nitrogens is 2. The van der Waals surface area contributed by atoms with Gasteiger partial charge in [-0.05, 0) is 48.9 Å². The first-order valence-electron chi connectivity index (χ1n) is 10.5. The van der Waals surface area contributed by atoms with Gasteiger partial charge in [-0.25, -0.2) is 15.0 Å². The highest BCUT2D eigenvalue weighted by molar-refractivity contribution is 5.79. The van der Waals surface area contributed by atoms with Crippen molar-refractivity contribution in [3.63, 3.8) is 0 Å². The maximum atomic E-state index is 14.5. The average Bonchev–Trinajstić information content (AvgIpc) is 3.13. The predicted octanol–water partition coefficient (Wildman–Crippen LogP) is 3.39. The van der Waals surface area contributed by atoms with Crippen molar-refractivity contribution in [2.24, 2.45) is 16.1 Å². The lowest BCUT2D eigenvalue weighted by Crippen LogP contribution is -2.41. The zero-order chi connectivity index (χ0) is 22.6. The van der Waals surface area contributed by atoms with Crippen LogP contribution in [0.3, 0.4) is 0 Å². The highest BCUT2D eigenvalue weighted by atomic mass is 19.1. The molecule has 3 aromatic rings. The van der Waals surface area contributed by atoms with Crippen molar-refractivity contribution in [3.05, 3.63) is 71.9 Å². The van der Waals surface area contributed by atoms with Crippen LogP contribution in [0.2, 0.25) is 0 Å². The lowest BCUT2D eigenvalue weighted by molar-refractivity contribution is -0.0650. The number of hydrogen-bond donors (Lipinski definition) is 1. The molecule has 2 N–H and O–H groups in total. The average molecular weight is 442 g/mol. The van der Waals surface area contributed by atoms with Crippen LogP contribution < -0.4 is 10.5 Å². The van der Waals surface area contributed by atoms with E-state index in [1.165, 1.54) is 6.20 Å². The summed E-state index contributed by atoms with van der Waals surface area (Å²) in [7, 11) is 0. The Morgan fingerprint density at radius 3 is 2.70 bits per heavy atom. The molecule has 0 saturated carbocycles. The largest absolute Gasteiger partial charge is 0.445 e. The van der Waals surface area contributed by atoms with E-state index in [0.29, 0.717) is 47.1 Å². The van der Waals surface area contributed by atoms with E-state index in [1.54, 1.807) is 36.5 Å². The fraction of sp³-hybridized carbons (Fsp3) is 0.240. The summed E-state index contributed by atoms with van der Waals surface area (Å²) in [6, 6.07) is 12.4. The number of nitrogens with zero attached hydrogens (tertiary/aromatic N) is 3. The zero-order valence-electron chi connectivity index (χ0n) is 17.7. The molecule has 1 unspecified atom stereocenters. The van der Waals surface area contributed by atoms with Gasteiger partial charge in [0.05, 0.1) is 24.2 Å². The summed E-state index contributed by atoms with van der Waals surface area (Å²) < 4.78 is 31.9. The summed E-state index contributed by atoms with van der Waals surface area (Å²) in [5.74, 6) is 6.90. The van der Waals surface area contributed by atoms with Crippen LogP contribution in [0, 0.1) is 23.2 Å². The van der Waals surface area contributed by atoms with Crippen LogP contribution in [0.25, 0.3) is 11.1 Å². The van der Waals surface area contributed by atoms with Crippen molar-refractivity contribution in [2.75, 3.05) is 13.2 Å². The minimum Gasteiger partial charge on any atom is -0.445 e. The molecule has 3 aliphatic heterocycles. The van der Waals surface area contributed by atoms with Crippen molar-refractivity contribution in [1.29, 1.82) is 0 Å². The van der Waals surface area contributed by atoms with E-state index >= 15 is 0 Å². The minimum atomic E-state index is -1.12. The van der Waals surface area contributed by atoms with Gasteiger partial charge < -0.3 is 19.9 Å². The number of ether oxygens (including phenoxy) is 3. The van der Waals surface area contributed by atoms with Crippen molar-refractivity contribution in [1.82, 2.24) is 9.97 Å². The normalized spacial score (nSPS) is 23.7. The van der Waals surface area contributed by atoms with Crippen LogP contribution in [-0.4, -0.2) is 35.3 Å². The molecule has 8 heteroatoms. The standard InChI is InChI=1S/C25H19FN4O3/c1-24(13-31-14-24)9-8-20-25(30-23(27)33-20)17-5-3-11-29-22(17)32-19-7-6-15(12-18(19)25)16-4-2-10-28-21(16)26/h2-7,10-12,20H,13-14H2,1H3,(H2,27,30)/t20-,25?/m0/s1. The summed E-state index contributed by atoms with van der Waals surface area (Å²) in [5, 5.41) is 0. The van der Waals surface area contributed by atoms with Crippen molar-refractivity contribution < 1.29 is 18.6 Å². The molecule has 2 atom stereocenters. The SMILES string of the molecule is CC1(C#C[C@@H]2OC(N)=NC23c2cc(-c4cccnc4F)ccc2Oc2ncccc23)COC1. The summed E-state index contributed by atoms with van der Waals surface area (Å²) >= 11 is 0. The number of aliphatic imine (C=N–C) groups is 1. The molecule has 6 rings (SSSR count). The number of benzene rings is 1. The highest BCUT2D eigenvalue weighted by Gasteiger charge is 2.54. The summed E-state index contributed by atoms with van der Waals surface area (Å²) in [6.45, 7) is 3.14. The van der Waals surface area contributed by atoms with Crippen molar-refractivity contribution in [3.8, 4) is 34.6 Å². The molecule has 0 bridgehead atoms. The Kier molecular flexibility index (Phi) is 4.19. The molecule has 3 aliphatic rings. The molecule has 0 aliphatic carbocycles. The van der Waals surface area contributed by atoms with Crippen LogP contribution in [0.4, 0.5) is 4.39 Å². The molecule has 1 aromatic carbocycles. The van der Waals surface area contributed by atoms with Crippen LogP contribution in [0.5, 0.6) is 11.6 Å². The molecular weight excluding hydrogens is 423 g/mol. The first-order chi connectivity index (χ1) is 16.0. The molecule has 2 aromatic heterocycles. The van der Waals surface area contributed by atoms with Gasteiger partial charge >= 0.3 is 0 Å². The van der Waals surface area contributed by atoms with E-state index in [9.17, 15) is 4.39 Å². The number of hydrogen-bond acceptors (Lipinski definition) is 7. The second-order valence-electron chi connectivity index (χ2n) is 8.55. The Morgan fingerprint density at radius 1 is 1.09 bits per heavy atom. The zero-order valence-corrected chi connectivity index (χ0v) is 17.7. The number of pyridine rings is 2. The van der Waals surface area contributed by atoms with Crippen LogP contribution in [0.15, 0.2) is 59.9 Å². The molecular formula is C25H19FN4O3. The molecule has 164 valence electrons. The summed E-state index contributed by atoms with van der Waals surface area (Å²) in [6.07, 6.45) is 2.33. The quantitative estimate of drug-likeness (QED) is 0.459. The number of rotatable bonds is 1. The number of halogens is 1. The first kappa shape index (κ1) is 19.7. The van der Waals surface area contributed by atoms with Gasteiger partial charge in [0, 0.05) is 23.5 Å². The minimum absolute atomic E-state index is 0.0185. The fourth-order valence-corrected chi connectivity index (χ4v) is 4.42. The lowest BCUT2D eigenvalue weighted by Gasteiger charge is -2.36. The van der Waals surface area contributed by atoms with Crippen molar-refractivity contribution >= 4 is 6.02 Å². The van der Waals surface area contributed by atoms with Gasteiger partial charge in [-0.15, -0.1) is 0 Å². The lowest BCUT2D eigenvalue weighted by atomic mass is 9.76. The molecule has 0 radical (unpaired) electrons. The molecule has 7 nitrogen and oxygen atoms in total. The molecule has 1 spiro atoms. The number of amidine groups is 1. The van der Waals surface area contributed by atoms with Gasteiger partial charge in [-0.3, -0.25) is 0 Å². The van der Waals surface area contributed by atoms with E-state index in [0.717, 1.165) is 0 Å². The Labute approximate surface area is 189 Å². The van der Waals surface area contributed by atoms with Crippen LogP contribution >= 0.6 is 0 Å². The van der Waals surface area contributed by atoms with Crippen molar-refractivity contribution in [2.45, 2.75) is 18.6 Å².